The molecule has 2 fully saturated rings. The fourth-order valence-electron chi connectivity index (χ4n) is 3.87. The number of hydrogen-bond acceptors (Lipinski definition) is 3. The van der Waals surface area contributed by atoms with Crippen LogP contribution in [0.3, 0.4) is 0 Å². The number of carbonyl (C=O) groups excluding carboxylic acids is 1. The molecule has 1 aromatic rings. The van der Waals surface area contributed by atoms with Gasteiger partial charge in [-0.05, 0) is 44.7 Å². The van der Waals surface area contributed by atoms with Crippen molar-refractivity contribution in [3.05, 3.63) is 17.5 Å². The molecule has 5 nitrogen and oxygen atoms in total. The summed E-state index contributed by atoms with van der Waals surface area (Å²) >= 11 is 0. The normalized spacial score (nSPS) is 23.0. The molecule has 8 heteroatoms. The van der Waals surface area contributed by atoms with Crippen LogP contribution in [0, 0.1) is 5.92 Å². The predicted octanol–water partition coefficient (Wildman–Crippen LogP) is 2.78. The van der Waals surface area contributed by atoms with E-state index in [-0.39, 0.29) is 11.6 Å². The number of piperidine rings is 2. The van der Waals surface area contributed by atoms with Crippen molar-refractivity contribution in [2.45, 2.75) is 38.3 Å². The third-order valence-electron chi connectivity index (χ3n) is 5.16. The van der Waals surface area contributed by atoms with Crippen LogP contribution in [0.15, 0.2) is 6.07 Å². The lowest BCUT2D eigenvalue weighted by Gasteiger charge is -2.36. The molecule has 1 unspecified atom stereocenters. The minimum absolute atomic E-state index is 0.00551. The number of alkyl halides is 3. The molecule has 0 saturated carbocycles. The first-order chi connectivity index (χ1) is 11.8. The van der Waals surface area contributed by atoms with Gasteiger partial charge in [0.1, 0.15) is 5.69 Å². The summed E-state index contributed by atoms with van der Waals surface area (Å²) < 4.78 is 39.5. The number of hydrogen-bond donors (Lipinski definition) is 0. The van der Waals surface area contributed by atoms with Crippen molar-refractivity contribution in [3.8, 4) is 0 Å². The Labute approximate surface area is 145 Å². The predicted molar refractivity (Wildman–Crippen MR) is 87.1 cm³/mol. The number of aromatic nitrogens is 2. The fraction of sp³-hybridized carbons (Fsp3) is 0.765. The van der Waals surface area contributed by atoms with Gasteiger partial charge in [0.15, 0.2) is 5.69 Å². The molecule has 140 valence electrons. The molecule has 0 spiro atoms. The second-order valence-electron chi connectivity index (χ2n) is 7.16. The van der Waals surface area contributed by atoms with Gasteiger partial charge >= 0.3 is 6.18 Å². The molecule has 1 amide bonds. The Morgan fingerprint density at radius 2 is 1.92 bits per heavy atom. The molecule has 2 saturated heterocycles. The van der Waals surface area contributed by atoms with Crippen LogP contribution in [0.4, 0.5) is 13.2 Å². The average molecular weight is 358 g/mol. The smallest absolute Gasteiger partial charge is 0.337 e. The molecule has 0 N–H and O–H groups in total. The number of rotatable bonds is 3. The lowest BCUT2D eigenvalue weighted by atomic mass is 9.96. The number of amides is 1. The second kappa shape index (κ2) is 7.35. The van der Waals surface area contributed by atoms with Crippen molar-refractivity contribution < 1.29 is 18.0 Å². The lowest BCUT2D eigenvalue weighted by molar-refractivity contribution is -0.141. The number of carbonyl (C=O) groups is 1. The van der Waals surface area contributed by atoms with Gasteiger partial charge in [-0.15, -0.1) is 0 Å². The van der Waals surface area contributed by atoms with Gasteiger partial charge in [-0.25, -0.2) is 0 Å². The summed E-state index contributed by atoms with van der Waals surface area (Å²) in [5.41, 5.74) is -1.01. The minimum Gasteiger partial charge on any atom is -0.337 e. The van der Waals surface area contributed by atoms with Crippen LogP contribution in [0.1, 0.15) is 48.3 Å². The van der Waals surface area contributed by atoms with Gasteiger partial charge in [-0.1, -0.05) is 6.42 Å². The number of nitrogens with zero attached hydrogens (tertiary/aromatic N) is 4. The summed E-state index contributed by atoms with van der Waals surface area (Å²) in [4.78, 5) is 16.8. The zero-order valence-electron chi connectivity index (χ0n) is 14.6. The third-order valence-corrected chi connectivity index (χ3v) is 5.16. The quantitative estimate of drug-likeness (QED) is 0.834. The molecular weight excluding hydrogens is 333 g/mol. The van der Waals surface area contributed by atoms with Crippen molar-refractivity contribution in [2.75, 3.05) is 32.7 Å². The fourth-order valence-corrected chi connectivity index (χ4v) is 3.87. The topological polar surface area (TPSA) is 41.4 Å². The molecule has 0 radical (unpaired) electrons. The van der Waals surface area contributed by atoms with Gasteiger partial charge in [0.25, 0.3) is 5.91 Å². The van der Waals surface area contributed by atoms with E-state index < -0.39 is 11.9 Å². The van der Waals surface area contributed by atoms with Crippen LogP contribution in [0.25, 0.3) is 0 Å². The van der Waals surface area contributed by atoms with Crippen LogP contribution >= 0.6 is 0 Å². The molecule has 0 aromatic carbocycles. The van der Waals surface area contributed by atoms with Crippen molar-refractivity contribution in [3.63, 3.8) is 0 Å². The first kappa shape index (κ1) is 18.2. The van der Waals surface area contributed by atoms with Crippen LogP contribution in [0.2, 0.25) is 0 Å². The van der Waals surface area contributed by atoms with Gasteiger partial charge < -0.3 is 9.80 Å². The van der Waals surface area contributed by atoms with E-state index in [1.54, 1.807) is 4.90 Å². The zero-order chi connectivity index (χ0) is 18.0. The Morgan fingerprint density at radius 3 is 2.56 bits per heavy atom. The van der Waals surface area contributed by atoms with Gasteiger partial charge in [0.2, 0.25) is 0 Å². The first-order valence-electron chi connectivity index (χ1n) is 8.97. The molecular formula is C17H25F3N4O. The maximum atomic E-state index is 12.8. The molecule has 3 heterocycles. The van der Waals surface area contributed by atoms with Crippen molar-refractivity contribution in [1.82, 2.24) is 19.6 Å². The van der Waals surface area contributed by atoms with E-state index >= 15 is 0 Å². The van der Waals surface area contributed by atoms with E-state index in [9.17, 15) is 18.0 Å². The van der Waals surface area contributed by atoms with Crippen molar-refractivity contribution in [2.24, 2.45) is 13.0 Å². The van der Waals surface area contributed by atoms with Gasteiger partial charge in [0.05, 0.1) is 0 Å². The minimum atomic E-state index is -4.53. The van der Waals surface area contributed by atoms with Crippen LogP contribution in [0.5, 0.6) is 0 Å². The van der Waals surface area contributed by atoms with E-state index in [4.69, 9.17) is 0 Å². The molecule has 1 aromatic heterocycles. The Kier molecular flexibility index (Phi) is 5.36. The van der Waals surface area contributed by atoms with Crippen molar-refractivity contribution >= 4 is 5.91 Å². The number of likely N-dealkylation sites (tertiary alicyclic amines) is 2. The molecule has 2 aliphatic heterocycles. The zero-order valence-corrected chi connectivity index (χ0v) is 14.6. The Bertz CT molecular complexity index is 608. The second-order valence-corrected chi connectivity index (χ2v) is 7.16. The maximum Gasteiger partial charge on any atom is 0.435 e. The number of aryl methyl sites for hydroxylation is 1. The lowest BCUT2D eigenvalue weighted by Crippen LogP contribution is -2.45. The van der Waals surface area contributed by atoms with Gasteiger partial charge in [-0.3, -0.25) is 9.48 Å². The summed E-state index contributed by atoms with van der Waals surface area (Å²) in [5, 5.41) is 3.45. The highest BCUT2D eigenvalue weighted by atomic mass is 19.4. The van der Waals surface area contributed by atoms with Crippen LogP contribution < -0.4 is 0 Å². The molecule has 2 aliphatic rings. The van der Waals surface area contributed by atoms with E-state index in [0.717, 1.165) is 43.2 Å². The summed E-state index contributed by atoms with van der Waals surface area (Å²) in [5.74, 6) is 0.0416. The third kappa shape index (κ3) is 4.34. The molecule has 1 atom stereocenters. The summed E-state index contributed by atoms with van der Waals surface area (Å²) in [6.07, 6.45) is 1.17. The largest absolute Gasteiger partial charge is 0.435 e. The number of halogens is 3. The Balaban J connectivity index is 1.64. The Hall–Kier alpha value is -1.57. The highest BCUT2D eigenvalue weighted by molar-refractivity contribution is 5.92. The Morgan fingerprint density at radius 1 is 1.20 bits per heavy atom. The molecule has 0 aliphatic carbocycles. The monoisotopic (exact) mass is 358 g/mol. The van der Waals surface area contributed by atoms with Crippen molar-refractivity contribution in [1.29, 1.82) is 0 Å². The SMILES string of the molecule is Cn1nc(C(F)(F)F)cc1C(=O)N1CCCC(CN2CCCCC2)C1. The van der Waals surface area contributed by atoms with Crippen LogP contribution in [-0.4, -0.2) is 58.2 Å². The van der Waals surface area contributed by atoms with Gasteiger partial charge in [0, 0.05) is 32.7 Å². The van der Waals surface area contributed by atoms with E-state index in [0.29, 0.717) is 19.0 Å². The van der Waals surface area contributed by atoms with E-state index in [2.05, 4.69) is 10.00 Å². The van der Waals surface area contributed by atoms with E-state index in [1.807, 2.05) is 0 Å². The molecule has 3 rings (SSSR count). The molecule has 25 heavy (non-hydrogen) atoms. The maximum absolute atomic E-state index is 12.8. The van der Waals surface area contributed by atoms with E-state index in [1.165, 1.54) is 26.3 Å². The first-order valence-corrected chi connectivity index (χ1v) is 8.97. The van der Waals surface area contributed by atoms with Gasteiger partial charge in [-0.2, -0.15) is 18.3 Å². The van der Waals surface area contributed by atoms with Crippen LogP contribution in [-0.2, 0) is 13.2 Å². The average Bonchev–Trinajstić information content (AvgIpc) is 2.97. The summed E-state index contributed by atoms with van der Waals surface area (Å²) in [6, 6.07) is 0.858. The summed E-state index contributed by atoms with van der Waals surface area (Å²) in [6.45, 7) is 4.41. The highest BCUT2D eigenvalue weighted by Gasteiger charge is 2.36. The standard InChI is InChI=1S/C17H25F3N4O/c1-22-14(10-15(21-22)17(18,19)20)16(25)24-9-5-6-13(12-24)11-23-7-3-2-4-8-23/h10,13H,2-9,11-12H2,1H3. The summed E-state index contributed by atoms with van der Waals surface area (Å²) in [7, 11) is 1.39. The molecule has 0 bridgehead atoms. The highest BCUT2D eigenvalue weighted by Crippen LogP contribution is 2.29.